The smallest absolute Gasteiger partial charge is 0.0908 e. The van der Waals surface area contributed by atoms with Gasteiger partial charge in [-0.25, -0.2) is 0 Å². The van der Waals surface area contributed by atoms with Crippen LogP contribution in [0.1, 0.15) is 44.9 Å². The van der Waals surface area contributed by atoms with Crippen molar-refractivity contribution in [3.05, 3.63) is 37.0 Å². The minimum absolute atomic E-state index is 0.985. The molecule has 1 nitrogen and oxygen atoms in total. The lowest BCUT2D eigenvalue weighted by atomic mass is 10.1. The van der Waals surface area contributed by atoms with Crippen LogP contribution in [0.3, 0.4) is 0 Å². The van der Waals surface area contributed by atoms with Crippen LogP contribution in [0.4, 0.5) is 0 Å². The molecule has 0 aromatic carbocycles. The predicted octanol–water partition coefficient (Wildman–Crippen LogP) is 4.54. The second-order valence-electron chi connectivity index (χ2n) is 3.52. The number of hydrogen-bond donors (Lipinski definition) is 0. The van der Waals surface area contributed by atoms with Crippen molar-refractivity contribution in [2.24, 2.45) is 0 Å². The van der Waals surface area contributed by atoms with Crippen LogP contribution in [-0.4, -0.2) is 0 Å². The van der Waals surface area contributed by atoms with Crippen LogP contribution >= 0.6 is 0 Å². The highest BCUT2D eigenvalue weighted by atomic mass is 14.2. The summed E-state index contributed by atoms with van der Waals surface area (Å²) in [6.45, 7) is 3.66. The Kier molecular flexibility index (Phi) is 11.6. The van der Waals surface area contributed by atoms with Crippen LogP contribution in [-0.2, 0) is 0 Å². The first-order valence-electron chi connectivity index (χ1n) is 5.72. The van der Waals surface area contributed by atoms with Gasteiger partial charge in [0.1, 0.15) is 0 Å². The lowest BCUT2D eigenvalue weighted by molar-refractivity contribution is 0.652. The maximum absolute atomic E-state index is 8.26. The SMILES string of the molecule is C=CC/C=C/CCCCCC/C=C/C#N. The molecule has 0 heterocycles. The molecule has 0 saturated carbocycles. The van der Waals surface area contributed by atoms with Gasteiger partial charge in [-0.1, -0.05) is 37.1 Å². The van der Waals surface area contributed by atoms with Crippen LogP contribution in [0.25, 0.3) is 0 Å². The number of unbranched alkanes of at least 4 members (excludes halogenated alkanes) is 5. The fraction of sp³-hybridized carbons (Fsp3) is 0.500. The first-order valence-corrected chi connectivity index (χ1v) is 5.72. The van der Waals surface area contributed by atoms with Gasteiger partial charge in [0.25, 0.3) is 0 Å². The highest BCUT2D eigenvalue weighted by Gasteiger charge is 1.87. The Bertz CT molecular complexity index is 230. The molecule has 0 radical (unpaired) electrons. The first kappa shape index (κ1) is 13.7. The predicted molar refractivity (Wildman–Crippen MR) is 66.4 cm³/mol. The van der Waals surface area contributed by atoms with Crippen molar-refractivity contribution in [1.82, 2.24) is 0 Å². The second-order valence-corrected chi connectivity index (χ2v) is 3.52. The molecule has 0 N–H and O–H groups in total. The number of nitriles is 1. The molecule has 0 aliphatic carbocycles. The molecule has 0 amide bonds. The highest BCUT2D eigenvalue weighted by Crippen LogP contribution is 2.06. The van der Waals surface area contributed by atoms with Gasteiger partial charge in [0, 0.05) is 6.08 Å². The van der Waals surface area contributed by atoms with E-state index < -0.39 is 0 Å². The maximum atomic E-state index is 8.26. The van der Waals surface area contributed by atoms with Gasteiger partial charge in [-0.3, -0.25) is 0 Å². The average molecular weight is 203 g/mol. The van der Waals surface area contributed by atoms with Gasteiger partial charge in [0.15, 0.2) is 0 Å². The van der Waals surface area contributed by atoms with E-state index in [1.54, 1.807) is 6.08 Å². The van der Waals surface area contributed by atoms with Crippen molar-refractivity contribution in [2.45, 2.75) is 44.9 Å². The molecule has 0 bridgehead atoms. The Hall–Kier alpha value is -1.29. The Morgan fingerprint density at radius 3 is 2.20 bits per heavy atom. The van der Waals surface area contributed by atoms with Gasteiger partial charge in [-0.05, 0) is 32.1 Å². The highest BCUT2D eigenvalue weighted by molar-refractivity contribution is 5.01. The number of rotatable bonds is 9. The molecule has 15 heavy (non-hydrogen) atoms. The van der Waals surface area contributed by atoms with Crippen LogP contribution in [0.15, 0.2) is 37.0 Å². The summed E-state index contributed by atoms with van der Waals surface area (Å²) in [7, 11) is 0. The number of hydrogen-bond acceptors (Lipinski definition) is 1. The summed E-state index contributed by atoms with van der Waals surface area (Å²) < 4.78 is 0. The van der Waals surface area contributed by atoms with E-state index in [0.29, 0.717) is 0 Å². The van der Waals surface area contributed by atoms with Crippen LogP contribution in [0.5, 0.6) is 0 Å². The minimum atomic E-state index is 0.985. The second kappa shape index (κ2) is 12.7. The molecule has 0 unspecified atom stereocenters. The molecule has 0 rings (SSSR count). The Labute approximate surface area is 93.8 Å². The topological polar surface area (TPSA) is 23.8 Å². The van der Waals surface area contributed by atoms with Crippen molar-refractivity contribution in [3.63, 3.8) is 0 Å². The van der Waals surface area contributed by atoms with Crippen LogP contribution in [0, 0.1) is 11.3 Å². The summed E-state index contributed by atoms with van der Waals surface area (Å²) in [5, 5.41) is 8.26. The fourth-order valence-corrected chi connectivity index (χ4v) is 1.32. The lowest BCUT2D eigenvalue weighted by Gasteiger charge is -1.96. The molecule has 82 valence electrons. The third kappa shape index (κ3) is 12.7. The quantitative estimate of drug-likeness (QED) is 0.306. The maximum Gasteiger partial charge on any atom is 0.0908 e. The third-order valence-electron chi connectivity index (χ3n) is 2.15. The van der Waals surface area contributed by atoms with E-state index in [1.807, 2.05) is 18.2 Å². The average Bonchev–Trinajstić information content (AvgIpc) is 2.26. The zero-order chi connectivity index (χ0) is 11.2. The normalized spacial score (nSPS) is 10.9. The van der Waals surface area contributed by atoms with Crippen molar-refractivity contribution in [1.29, 1.82) is 5.26 Å². The van der Waals surface area contributed by atoms with Crippen molar-refractivity contribution >= 4 is 0 Å². The summed E-state index contributed by atoms with van der Waals surface area (Å²) in [4.78, 5) is 0. The summed E-state index contributed by atoms with van der Waals surface area (Å²) in [6.07, 6.45) is 18.1. The van der Waals surface area contributed by atoms with Gasteiger partial charge < -0.3 is 0 Å². The molecule has 0 aromatic heterocycles. The van der Waals surface area contributed by atoms with E-state index in [9.17, 15) is 0 Å². The monoisotopic (exact) mass is 203 g/mol. The summed E-state index contributed by atoms with van der Waals surface area (Å²) in [6, 6.07) is 2.00. The van der Waals surface area contributed by atoms with E-state index >= 15 is 0 Å². The molecule has 0 atom stereocenters. The van der Waals surface area contributed by atoms with E-state index in [-0.39, 0.29) is 0 Å². The lowest BCUT2D eigenvalue weighted by Crippen LogP contribution is -1.76. The van der Waals surface area contributed by atoms with Gasteiger partial charge in [0.2, 0.25) is 0 Å². The zero-order valence-corrected chi connectivity index (χ0v) is 9.49. The Morgan fingerprint density at radius 1 is 0.933 bits per heavy atom. The summed E-state index contributed by atoms with van der Waals surface area (Å²) in [5.74, 6) is 0. The third-order valence-corrected chi connectivity index (χ3v) is 2.15. The van der Waals surface area contributed by atoms with Gasteiger partial charge in [-0.15, -0.1) is 6.58 Å². The van der Waals surface area contributed by atoms with E-state index in [4.69, 9.17) is 5.26 Å². The van der Waals surface area contributed by atoms with E-state index in [0.717, 1.165) is 12.8 Å². The fourth-order valence-electron chi connectivity index (χ4n) is 1.32. The zero-order valence-electron chi connectivity index (χ0n) is 9.49. The summed E-state index contributed by atoms with van der Waals surface area (Å²) in [5.41, 5.74) is 0. The largest absolute Gasteiger partial charge is 0.193 e. The van der Waals surface area contributed by atoms with E-state index in [1.165, 1.54) is 32.1 Å². The molecular weight excluding hydrogens is 182 g/mol. The molecule has 0 aliphatic rings. The number of allylic oxidation sites excluding steroid dienone is 5. The molecule has 0 fully saturated rings. The summed E-state index contributed by atoms with van der Waals surface area (Å²) >= 11 is 0. The Morgan fingerprint density at radius 2 is 1.60 bits per heavy atom. The molecule has 0 aliphatic heterocycles. The number of nitrogens with zero attached hydrogens (tertiary/aromatic N) is 1. The molecular formula is C14H21N. The molecule has 0 spiro atoms. The van der Waals surface area contributed by atoms with Crippen LogP contribution in [0.2, 0.25) is 0 Å². The first-order chi connectivity index (χ1) is 7.41. The molecule has 0 saturated heterocycles. The van der Waals surface area contributed by atoms with Crippen LogP contribution < -0.4 is 0 Å². The van der Waals surface area contributed by atoms with Gasteiger partial charge >= 0.3 is 0 Å². The minimum Gasteiger partial charge on any atom is -0.193 e. The van der Waals surface area contributed by atoms with E-state index in [2.05, 4.69) is 18.7 Å². The molecule has 1 heteroatoms. The van der Waals surface area contributed by atoms with Crippen molar-refractivity contribution in [3.8, 4) is 6.07 Å². The van der Waals surface area contributed by atoms with Crippen molar-refractivity contribution < 1.29 is 0 Å². The van der Waals surface area contributed by atoms with Gasteiger partial charge in [-0.2, -0.15) is 5.26 Å². The molecule has 0 aromatic rings. The standard InChI is InChI=1S/C14H21N/c1-2-3-4-5-6-7-8-9-10-11-12-13-14-15/h2,4-5,12-13H,1,3,6-11H2/b5-4+,13-12+. The van der Waals surface area contributed by atoms with Gasteiger partial charge in [0.05, 0.1) is 6.07 Å². The Balaban J connectivity index is 3.08. The van der Waals surface area contributed by atoms with Crippen molar-refractivity contribution in [2.75, 3.05) is 0 Å².